The summed E-state index contributed by atoms with van der Waals surface area (Å²) >= 11 is 12.4. The number of rotatable bonds is 9. The minimum Gasteiger partial charge on any atom is -0.435 e. The van der Waals surface area contributed by atoms with Gasteiger partial charge in [-0.1, -0.05) is 56.6 Å². The van der Waals surface area contributed by atoms with Crippen LogP contribution in [-0.4, -0.2) is 37.1 Å². The highest BCUT2D eigenvalue weighted by Crippen LogP contribution is 2.58. The van der Waals surface area contributed by atoms with E-state index in [0.29, 0.717) is 37.2 Å². The fourth-order valence-corrected chi connectivity index (χ4v) is 7.65. The van der Waals surface area contributed by atoms with Crippen molar-refractivity contribution in [3.8, 4) is 5.75 Å². The van der Waals surface area contributed by atoms with E-state index in [2.05, 4.69) is 26.8 Å². The molecule has 0 aliphatic carbocycles. The summed E-state index contributed by atoms with van der Waals surface area (Å²) in [5, 5.41) is 6.88. The van der Waals surface area contributed by atoms with Crippen molar-refractivity contribution in [3.05, 3.63) is 105 Å². The van der Waals surface area contributed by atoms with E-state index in [-0.39, 0.29) is 29.2 Å². The molecule has 2 atom stereocenters. The topological polar surface area (TPSA) is 53.6 Å². The molecule has 2 unspecified atom stereocenters. The maximum Gasteiger partial charge on any atom is 0.387 e. The molecule has 5 nitrogen and oxygen atoms in total. The van der Waals surface area contributed by atoms with Gasteiger partial charge in [0.25, 0.3) is 0 Å². The summed E-state index contributed by atoms with van der Waals surface area (Å²) < 4.78 is 43.9. The number of fused-ring (bicyclic) bond motifs is 2. The second-order valence-electron chi connectivity index (χ2n) is 10.6. The monoisotopic (exact) mass is 635 g/mol. The van der Waals surface area contributed by atoms with E-state index in [9.17, 15) is 18.0 Å². The molecule has 222 valence electrons. The van der Waals surface area contributed by atoms with E-state index in [0.717, 1.165) is 48.2 Å². The molecule has 0 saturated carbocycles. The van der Waals surface area contributed by atoms with Crippen molar-refractivity contribution in [2.75, 3.05) is 25.0 Å². The maximum absolute atomic E-state index is 14.2. The van der Waals surface area contributed by atoms with Gasteiger partial charge in [0.05, 0.1) is 16.0 Å². The average Bonchev–Trinajstić information content (AvgIpc) is 2.95. The van der Waals surface area contributed by atoms with Gasteiger partial charge < -0.3 is 20.3 Å². The third kappa shape index (κ3) is 7.23. The highest BCUT2D eigenvalue weighted by atomic mass is 35.5. The van der Waals surface area contributed by atoms with Gasteiger partial charge in [-0.2, -0.15) is 8.78 Å². The van der Waals surface area contributed by atoms with Gasteiger partial charge in [-0.25, -0.2) is 4.39 Å². The Bertz CT molecular complexity index is 1470. The van der Waals surface area contributed by atoms with E-state index in [1.54, 1.807) is 42.5 Å². The van der Waals surface area contributed by atoms with Crippen LogP contribution in [0.2, 0.25) is 10.0 Å². The normalized spacial score (nSPS) is 17.6. The number of halogens is 5. The number of likely N-dealkylation sites (tertiary alicyclic amines) is 1. The number of anilines is 1. The van der Waals surface area contributed by atoms with Crippen LogP contribution in [0.1, 0.15) is 41.9 Å². The second kappa shape index (κ2) is 13.3. The molecule has 3 aromatic rings. The predicted molar refractivity (Wildman–Crippen MR) is 164 cm³/mol. The lowest BCUT2D eigenvalue weighted by atomic mass is 9.86. The number of carbonyl (C=O) groups excluding carboxylic acids is 1. The molecule has 2 aliphatic heterocycles. The lowest BCUT2D eigenvalue weighted by Gasteiger charge is -2.46. The Labute approximate surface area is 255 Å². The minimum absolute atomic E-state index is 0.0314. The van der Waals surface area contributed by atoms with Gasteiger partial charge in [-0.3, -0.25) is 4.79 Å². The van der Waals surface area contributed by atoms with Gasteiger partial charge in [0.15, 0.2) is 0 Å². The number of nitrogens with zero attached hydrogens (tertiary/aromatic N) is 1. The second-order valence-corrected chi connectivity index (χ2v) is 13.2. The maximum atomic E-state index is 14.2. The average molecular weight is 636 g/mol. The van der Waals surface area contributed by atoms with Crippen molar-refractivity contribution in [2.45, 2.75) is 43.5 Å². The van der Waals surface area contributed by atoms with Gasteiger partial charge in [0.1, 0.15) is 11.6 Å². The highest BCUT2D eigenvalue weighted by molar-refractivity contribution is 7.44. The molecule has 2 N–H and O–H groups in total. The lowest BCUT2D eigenvalue weighted by Crippen LogP contribution is -2.43. The summed E-state index contributed by atoms with van der Waals surface area (Å²) in [5.74, 6) is -0.920. The minimum atomic E-state index is -2.93. The summed E-state index contributed by atoms with van der Waals surface area (Å²) in [6.45, 7) is 3.69. The van der Waals surface area contributed by atoms with E-state index in [1.807, 2.05) is 0 Å². The van der Waals surface area contributed by atoms with Gasteiger partial charge >= 0.3 is 6.61 Å². The number of benzene rings is 3. The molecular weight excluding hydrogens is 605 g/mol. The van der Waals surface area contributed by atoms with Crippen LogP contribution in [0.3, 0.4) is 0 Å². The third-order valence-electron chi connectivity index (χ3n) is 7.87. The summed E-state index contributed by atoms with van der Waals surface area (Å²) in [7, 11) is 0.459. The summed E-state index contributed by atoms with van der Waals surface area (Å²) in [5.41, 5.74) is 4.29. The van der Waals surface area contributed by atoms with E-state index >= 15 is 0 Å². The standard InChI is InChI=1S/C31H31Cl2F3N3O2P/c1-19-38-28-8-6-22(34)17-25(28)31(42-19)10-13-39(14-11-31)12-9-24(21-5-7-26(32)27(33)16-21)29(40)37-18-20-3-2-4-23(15-20)41-30(35)36/h2-8,15-17,24,30,38,42H,1,9-14,18H2,(H,37,40). The van der Waals surface area contributed by atoms with Crippen LogP contribution in [0.5, 0.6) is 5.75 Å². The van der Waals surface area contributed by atoms with Crippen LogP contribution in [0.25, 0.3) is 0 Å². The number of ether oxygens (including phenoxy) is 1. The summed E-state index contributed by atoms with van der Waals surface area (Å²) in [4.78, 5) is 15.8. The molecule has 3 aromatic carbocycles. The van der Waals surface area contributed by atoms with Crippen molar-refractivity contribution < 1.29 is 22.7 Å². The van der Waals surface area contributed by atoms with E-state index < -0.39 is 12.5 Å². The number of nitrogens with one attached hydrogen (secondary N) is 2. The van der Waals surface area contributed by atoms with Crippen molar-refractivity contribution >= 4 is 43.4 Å². The fourth-order valence-electron chi connectivity index (χ4n) is 5.76. The first-order chi connectivity index (χ1) is 20.1. The Morgan fingerprint density at radius 3 is 2.62 bits per heavy atom. The van der Waals surface area contributed by atoms with Gasteiger partial charge in [-0.15, -0.1) is 0 Å². The van der Waals surface area contributed by atoms with E-state index in [1.165, 1.54) is 18.2 Å². The molecular formula is C31H31Cl2F3N3O2P. The first kappa shape index (κ1) is 30.7. The van der Waals surface area contributed by atoms with Crippen molar-refractivity contribution in [1.82, 2.24) is 10.2 Å². The van der Waals surface area contributed by atoms with Crippen molar-refractivity contribution in [2.24, 2.45) is 0 Å². The Kier molecular flexibility index (Phi) is 9.68. The number of piperidine rings is 1. The number of hydrogen-bond acceptors (Lipinski definition) is 4. The molecule has 5 rings (SSSR count). The summed E-state index contributed by atoms with van der Waals surface area (Å²) in [6, 6.07) is 16.3. The molecule has 42 heavy (non-hydrogen) atoms. The van der Waals surface area contributed by atoms with Crippen molar-refractivity contribution in [1.29, 1.82) is 0 Å². The van der Waals surface area contributed by atoms with Crippen LogP contribution in [0.4, 0.5) is 18.9 Å². The first-order valence-electron chi connectivity index (χ1n) is 13.6. The Morgan fingerprint density at radius 2 is 1.88 bits per heavy atom. The number of hydrogen-bond donors (Lipinski definition) is 2. The first-order valence-corrected chi connectivity index (χ1v) is 15.4. The highest BCUT2D eigenvalue weighted by Gasteiger charge is 2.41. The lowest BCUT2D eigenvalue weighted by molar-refractivity contribution is -0.123. The van der Waals surface area contributed by atoms with Crippen LogP contribution in [0, 0.1) is 5.82 Å². The Balaban J connectivity index is 1.26. The fraction of sp³-hybridized carbons (Fsp3) is 0.323. The van der Waals surface area contributed by atoms with Crippen LogP contribution >= 0.6 is 31.8 Å². The molecule has 0 radical (unpaired) electrons. The molecule has 2 heterocycles. The molecule has 0 bridgehead atoms. The van der Waals surface area contributed by atoms with Crippen LogP contribution in [-0.2, 0) is 16.5 Å². The molecule has 11 heteroatoms. The quantitative estimate of drug-likeness (QED) is 0.233. The third-order valence-corrected chi connectivity index (χ3v) is 10.3. The van der Waals surface area contributed by atoms with Gasteiger partial charge in [0.2, 0.25) is 5.91 Å². The van der Waals surface area contributed by atoms with Gasteiger partial charge in [-0.05, 0) is 98.1 Å². The molecule has 1 amide bonds. The zero-order valence-corrected chi connectivity index (χ0v) is 25.3. The van der Waals surface area contributed by atoms with Crippen LogP contribution < -0.4 is 15.4 Å². The van der Waals surface area contributed by atoms with Crippen LogP contribution in [0.15, 0.2) is 72.7 Å². The van der Waals surface area contributed by atoms with Gasteiger partial charge in [0, 0.05) is 22.8 Å². The Hall–Kier alpha value is -2.77. The molecule has 1 fully saturated rings. The molecule has 1 spiro atoms. The molecule has 1 saturated heterocycles. The SMILES string of the molecule is C=C1Nc2ccc(F)cc2C2(CCN(CCC(C(=O)NCc3cccc(OC(F)F)c3)c3ccc(Cl)c(Cl)c3)CC2)P1. The largest absolute Gasteiger partial charge is 0.435 e. The zero-order chi connectivity index (χ0) is 29.9. The van der Waals surface area contributed by atoms with E-state index in [4.69, 9.17) is 23.2 Å². The predicted octanol–water partition coefficient (Wildman–Crippen LogP) is 8.09. The number of carbonyl (C=O) groups is 1. The Morgan fingerprint density at radius 1 is 1.10 bits per heavy atom. The summed E-state index contributed by atoms with van der Waals surface area (Å²) in [6.07, 6.45) is 2.26. The zero-order valence-electron chi connectivity index (χ0n) is 22.7. The molecule has 0 aromatic heterocycles. The molecule has 2 aliphatic rings. The smallest absolute Gasteiger partial charge is 0.387 e. The number of amides is 1. The van der Waals surface area contributed by atoms with Crippen molar-refractivity contribution in [3.63, 3.8) is 0 Å². The number of alkyl halides is 2.